The number of carbonyl (C=O) groups is 1. The molecule has 0 bridgehead atoms. The average molecular weight is 580 g/mol. The lowest BCUT2D eigenvalue weighted by Crippen LogP contribution is -2.43. The number of hydrogen-bond donors (Lipinski definition) is 0. The van der Waals surface area contributed by atoms with Crippen LogP contribution in [0.5, 0.6) is 0 Å². The number of thioether (sulfide) groups is 1. The predicted molar refractivity (Wildman–Crippen MR) is 162 cm³/mol. The van der Waals surface area contributed by atoms with E-state index in [2.05, 4.69) is 13.8 Å². The van der Waals surface area contributed by atoms with Crippen LogP contribution in [0.3, 0.4) is 0 Å². The molecule has 0 N–H and O–H groups in total. The Hall–Kier alpha value is -0.200. The zero-order valence-electron chi connectivity index (χ0n) is 25.5. The fourth-order valence-electron chi connectivity index (χ4n) is 4.18. The molecule has 0 heterocycles. The van der Waals surface area contributed by atoms with Crippen molar-refractivity contribution in [3.8, 4) is 0 Å². The summed E-state index contributed by atoms with van der Waals surface area (Å²) in [6.07, 6.45) is 20.4. The van der Waals surface area contributed by atoms with E-state index in [9.17, 15) is 9.36 Å². The van der Waals surface area contributed by atoms with Crippen LogP contribution in [-0.4, -0.2) is 41.3 Å². The van der Waals surface area contributed by atoms with Crippen LogP contribution in [0.4, 0.5) is 0 Å². The third-order valence-electron chi connectivity index (χ3n) is 6.52. The molecule has 0 aromatic rings. The maximum absolute atomic E-state index is 12.7. The molecule has 0 saturated carbocycles. The van der Waals surface area contributed by atoms with Gasteiger partial charge in [-0.3, -0.25) is 4.74 Å². The second-order valence-electron chi connectivity index (χ2n) is 10.7. The Morgan fingerprint density at radius 3 is 1.79 bits per heavy atom. The molecule has 0 rings (SSSR count). The Morgan fingerprint density at radius 1 is 0.763 bits per heavy atom. The molecule has 0 aliphatic carbocycles. The Labute approximate surface area is 240 Å². The van der Waals surface area contributed by atoms with Gasteiger partial charge in [0.25, 0.3) is 0 Å². The minimum Gasteiger partial charge on any atom is -0.455 e. The van der Waals surface area contributed by atoms with E-state index in [0.717, 1.165) is 18.6 Å². The van der Waals surface area contributed by atoms with Gasteiger partial charge in [0.15, 0.2) is 0 Å². The van der Waals surface area contributed by atoms with E-state index in [4.69, 9.17) is 19.2 Å². The first-order valence-electron chi connectivity index (χ1n) is 15.6. The quantitative estimate of drug-likeness (QED) is 0.0228. The third-order valence-corrected chi connectivity index (χ3v) is 8.79. The van der Waals surface area contributed by atoms with Gasteiger partial charge in [0.05, 0.1) is 12.7 Å². The van der Waals surface area contributed by atoms with E-state index < -0.39 is 20.0 Å². The third kappa shape index (κ3) is 19.0. The van der Waals surface area contributed by atoms with Crippen LogP contribution in [0.2, 0.25) is 0 Å². The SMILES string of the molecule is CCCCCCCCCCCCSC(CCCCCCC)C(C)OOC(OCCC)([PH+]=O)C(=O)OC(C)C. The summed E-state index contributed by atoms with van der Waals surface area (Å²) in [6.45, 7) is 12.1. The van der Waals surface area contributed by atoms with Crippen molar-refractivity contribution in [2.45, 2.75) is 174 Å². The molecule has 0 aliphatic heterocycles. The van der Waals surface area contributed by atoms with Crippen LogP contribution in [0, 0.1) is 0 Å². The normalized spacial score (nSPS) is 15.0. The van der Waals surface area contributed by atoms with E-state index in [1.807, 2.05) is 25.6 Å². The van der Waals surface area contributed by atoms with Crippen molar-refractivity contribution in [3.63, 3.8) is 0 Å². The van der Waals surface area contributed by atoms with Gasteiger partial charge in [0, 0.05) is 5.25 Å². The molecule has 8 heteroatoms. The number of esters is 1. The molecule has 0 aromatic carbocycles. The maximum Gasteiger partial charge on any atom is 0.497 e. The largest absolute Gasteiger partial charge is 0.497 e. The number of ether oxygens (including phenoxy) is 2. The van der Waals surface area contributed by atoms with Gasteiger partial charge >= 0.3 is 20.0 Å². The summed E-state index contributed by atoms with van der Waals surface area (Å²) in [6, 6.07) is 0. The van der Waals surface area contributed by atoms with E-state index in [-0.39, 0.29) is 24.1 Å². The van der Waals surface area contributed by atoms with E-state index in [0.29, 0.717) is 6.42 Å². The van der Waals surface area contributed by atoms with Crippen molar-refractivity contribution in [3.05, 3.63) is 0 Å². The molecule has 0 radical (unpaired) electrons. The van der Waals surface area contributed by atoms with Gasteiger partial charge < -0.3 is 4.74 Å². The second kappa shape index (κ2) is 25.7. The van der Waals surface area contributed by atoms with Crippen LogP contribution in [0.15, 0.2) is 0 Å². The first-order chi connectivity index (χ1) is 18.4. The molecule has 4 unspecified atom stereocenters. The lowest BCUT2D eigenvalue weighted by molar-refractivity contribution is -0.403. The van der Waals surface area contributed by atoms with Crippen molar-refractivity contribution in [2.24, 2.45) is 0 Å². The lowest BCUT2D eigenvalue weighted by atomic mass is 10.1. The summed E-state index contributed by atoms with van der Waals surface area (Å²) in [7, 11) is -1.20. The zero-order valence-corrected chi connectivity index (χ0v) is 27.3. The topological polar surface area (TPSA) is 71.1 Å². The highest BCUT2D eigenvalue weighted by molar-refractivity contribution is 7.99. The Morgan fingerprint density at radius 2 is 1.29 bits per heavy atom. The van der Waals surface area contributed by atoms with Crippen LogP contribution in [0.1, 0.15) is 151 Å². The number of rotatable bonds is 28. The Balaban J connectivity index is 4.78. The van der Waals surface area contributed by atoms with Gasteiger partial charge in [-0.25, -0.2) is 9.68 Å². The van der Waals surface area contributed by atoms with E-state index in [1.165, 1.54) is 89.9 Å². The van der Waals surface area contributed by atoms with Crippen molar-refractivity contribution in [1.29, 1.82) is 0 Å². The second-order valence-corrected chi connectivity index (χ2v) is 12.9. The standard InChI is InChI=1S/C30H59O6PS/c1-7-10-12-14-15-16-17-18-20-22-25-38-28(23-21-19-13-11-8-2)27(6)35-36-30(37-32,33-24-9-3)29(31)34-26(4)5/h26-28H,7-25H2,1-6H3/p+1. The summed E-state index contributed by atoms with van der Waals surface area (Å²) in [5, 5.41) is 0.232. The van der Waals surface area contributed by atoms with Gasteiger partial charge in [0.1, 0.15) is 6.10 Å². The van der Waals surface area contributed by atoms with Crippen LogP contribution < -0.4 is 0 Å². The fourth-order valence-corrected chi connectivity index (χ4v) is 5.88. The van der Waals surface area contributed by atoms with Crippen LogP contribution in [-0.2, 0) is 28.6 Å². The molecule has 0 fully saturated rings. The highest BCUT2D eigenvalue weighted by Gasteiger charge is 2.55. The number of unbranched alkanes of at least 4 members (excludes halogenated alkanes) is 13. The fraction of sp³-hybridized carbons (Fsp3) is 0.967. The molecule has 0 aromatic heterocycles. The summed E-state index contributed by atoms with van der Waals surface area (Å²) < 4.78 is 23.0. The molecule has 0 spiro atoms. The van der Waals surface area contributed by atoms with Crippen molar-refractivity contribution >= 4 is 26.2 Å². The number of hydrogen-bond acceptors (Lipinski definition) is 7. The maximum atomic E-state index is 12.7. The van der Waals surface area contributed by atoms with Gasteiger partial charge in [-0.15, -0.1) is 4.89 Å². The molecule has 226 valence electrons. The molecule has 0 aliphatic rings. The summed E-state index contributed by atoms with van der Waals surface area (Å²) in [4.78, 5) is 24.0. The molecular weight excluding hydrogens is 519 g/mol. The summed E-state index contributed by atoms with van der Waals surface area (Å²) in [5.74, 6) is 0.274. The van der Waals surface area contributed by atoms with Crippen LogP contribution in [0.25, 0.3) is 0 Å². The first-order valence-corrected chi connectivity index (χ1v) is 17.5. The first kappa shape index (κ1) is 37.8. The Bertz CT molecular complexity index is 565. The molecular formula is C30H60O6PS+. The van der Waals surface area contributed by atoms with Gasteiger partial charge in [-0.05, 0) is 45.8 Å². The minimum atomic E-state index is -2.04. The lowest BCUT2D eigenvalue weighted by Gasteiger charge is -2.26. The highest BCUT2D eigenvalue weighted by atomic mass is 32.2. The van der Waals surface area contributed by atoms with Crippen LogP contribution >= 0.6 is 20.2 Å². The van der Waals surface area contributed by atoms with E-state index in [1.54, 1.807) is 13.8 Å². The Kier molecular flexibility index (Phi) is 25.6. The monoisotopic (exact) mass is 579 g/mol. The molecule has 0 saturated heterocycles. The highest BCUT2D eigenvalue weighted by Crippen LogP contribution is 2.32. The summed E-state index contributed by atoms with van der Waals surface area (Å²) in [5.41, 5.74) is -2.04. The van der Waals surface area contributed by atoms with E-state index >= 15 is 0 Å². The van der Waals surface area contributed by atoms with Gasteiger partial charge in [-0.2, -0.15) is 11.8 Å². The van der Waals surface area contributed by atoms with Crippen molar-refractivity contribution < 1.29 is 28.6 Å². The molecule has 38 heavy (non-hydrogen) atoms. The summed E-state index contributed by atoms with van der Waals surface area (Å²) >= 11 is 1.93. The molecule has 0 amide bonds. The zero-order chi connectivity index (χ0) is 28.5. The van der Waals surface area contributed by atoms with Gasteiger partial charge in [-0.1, -0.05) is 115 Å². The van der Waals surface area contributed by atoms with Crippen molar-refractivity contribution in [1.82, 2.24) is 0 Å². The molecule has 6 nitrogen and oxygen atoms in total. The minimum absolute atomic E-state index is 0.217. The predicted octanol–water partition coefficient (Wildman–Crippen LogP) is 9.76. The molecule has 4 atom stereocenters. The number of carbonyl (C=O) groups excluding carboxylic acids is 1. The average Bonchev–Trinajstić information content (AvgIpc) is 2.90. The van der Waals surface area contributed by atoms with Crippen molar-refractivity contribution in [2.75, 3.05) is 12.4 Å². The smallest absolute Gasteiger partial charge is 0.455 e. The van der Waals surface area contributed by atoms with Gasteiger partial charge in [0.2, 0.25) is 0 Å².